The van der Waals surface area contributed by atoms with Crippen molar-refractivity contribution >= 4 is 67.2 Å². The van der Waals surface area contributed by atoms with Gasteiger partial charge in [-0.05, 0) is 77.7 Å². The van der Waals surface area contributed by atoms with Crippen LogP contribution in [0.5, 0.6) is 0 Å². The minimum Gasteiger partial charge on any atom is -0.379 e. The molecule has 0 unspecified atom stereocenters. The second-order valence-corrected chi connectivity index (χ2v) is 18.4. The predicted molar refractivity (Wildman–Crippen MR) is 247 cm³/mol. The maximum Gasteiger partial charge on any atom is 0.293 e. The molecule has 2 fully saturated rings. The van der Waals surface area contributed by atoms with E-state index in [9.17, 15) is 18.5 Å². The van der Waals surface area contributed by atoms with E-state index in [2.05, 4.69) is 76.6 Å². The van der Waals surface area contributed by atoms with Crippen molar-refractivity contribution in [3.05, 3.63) is 142 Å². The Kier molecular flexibility index (Phi) is 14.1. The fraction of sp³-hybridized carbons (Fsp3) is 0.289. The number of hydrogen-bond acceptors (Lipinski definition) is 13. The van der Waals surface area contributed by atoms with E-state index in [1.807, 2.05) is 60.7 Å². The highest BCUT2D eigenvalue weighted by atomic mass is 35.5. The standard InChI is InChI=1S/C45H48ClN9O5S2/c46-35-12-10-33(11-13-35)40-9-5-4-6-34(40)30-52-20-22-53(23-21-52)37-14-16-41-43(28-37)47-32-48-45(41)51-62(58,59)39-15-17-42(44(29-39)55(56)57)50-36(31-61-38-7-2-1-3-8-38)18-19-49-54-24-26-60-27-25-54/h1-17,28-29,32,36,49-50H,18-27,30-31H2,(H,47,48,51)/t36-/m1/s1. The Hall–Kier alpha value is -5.33. The van der Waals surface area contributed by atoms with Gasteiger partial charge in [-0.25, -0.2) is 23.4 Å². The van der Waals surface area contributed by atoms with E-state index in [0.717, 1.165) is 68.0 Å². The molecule has 14 nitrogen and oxygen atoms in total. The number of sulfonamides is 1. The number of nitro groups is 1. The first kappa shape index (κ1) is 43.3. The first-order chi connectivity index (χ1) is 30.2. The van der Waals surface area contributed by atoms with Crippen LogP contribution in [0, 0.1) is 10.1 Å². The summed E-state index contributed by atoms with van der Waals surface area (Å²) >= 11 is 7.80. The van der Waals surface area contributed by atoms with E-state index in [-0.39, 0.29) is 28.1 Å². The number of hydrazine groups is 1. The van der Waals surface area contributed by atoms with Crippen LogP contribution in [0.15, 0.2) is 131 Å². The maximum atomic E-state index is 13.8. The van der Waals surface area contributed by atoms with E-state index < -0.39 is 14.9 Å². The molecule has 17 heteroatoms. The number of thioether (sulfide) groups is 1. The van der Waals surface area contributed by atoms with E-state index in [1.54, 1.807) is 11.8 Å². The van der Waals surface area contributed by atoms with Crippen molar-refractivity contribution in [1.82, 2.24) is 25.3 Å². The van der Waals surface area contributed by atoms with Crippen LogP contribution >= 0.6 is 23.4 Å². The molecule has 3 heterocycles. The average molecular weight is 895 g/mol. The van der Waals surface area contributed by atoms with Gasteiger partial charge in [-0.1, -0.05) is 66.2 Å². The van der Waals surface area contributed by atoms with Gasteiger partial charge in [0.05, 0.1) is 28.5 Å². The number of anilines is 3. The molecule has 3 N–H and O–H groups in total. The van der Waals surface area contributed by atoms with Gasteiger partial charge >= 0.3 is 0 Å². The minimum absolute atomic E-state index is 0.0846. The zero-order valence-electron chi connectivity index (χ0n) is 34.0. The normalized spacial score (nSPS) is 15.7. The Bertz CT molecular complexity index is 2580. The lowest BCUT2D eigenvalue weighted by Crippen LogP contribution is -2.46. The molecule has 2 saturated heterocycles. The molecule has 8 rings (SSSR count). The van der Waals surface area contributed by atoms with Gasteiger partial charge in [0.2, 0.25) is 0 Å². The van der Waals surface area contributed by atoms with Crippen molar-refractivity contribution in [2.24, 2.45) is 0 Å². The molecule has 1 atom stereocenters. The Labute approximate surface area is 370 Å². The van der Waals surface area contributed by atoms with Crippen LogP contribution in [-0.4, -0.2) is 104 Å². The lowest BCUT2D eigenvalue weighted by atomic mass is 9.99. The van der Waals surface area contributed by atoms with Crippen LogP contribution in [0.3, 0.4) is 0 Å². The second-order valence-electron chi connectivity index (χ2n) is 15.2. The number of morpholine rings is 1. The molecule has 5 aromatic carbocycles. The summed E-state index contributed by atoms with van der Waals surface area (Å²) in [5.74, 6) is 0.717. The van der Waals surface area contributed by atoms with Crippen LogP contribution in [0.25, 0.3) is 22.0 Å². The summed E-state index contributed by atoms with van der Waals surface area (Å²) in [4.78, 5) is 26.2. The molecule has 6 aromatic rings. The van der Waals surface area contributed by atoms with E-state index in [4.69, 9.17) is 16.3 Å². The van der Waals surface area contributed by atoms with Gasteiger partial charge < -0.3 is 15.0 Å². The Morgan fingerprint density at radius 1 is 0.855 bits per heavy atom. The number of aromatic nitrogens is 2. The third-order valence-electron chi connectivity index (χ3n) is 11.0. The fourth-order valence-electron chi connectivity index (χ4n) is 7.68. The molecule has 0 amide bonds. The van der Waals surface area contributed by atoms with Crippen molar-refractivity contribution in [2.45, 2.75) is 28.8 Å². The maximum absolute atomic E-state index is 13.8. The molecule has 0 bridgehead atoms. The fourth-order valence-corrected chi connectivity index (χ4v) is 9.85. The Balaban J connectivity index is 0.927. The third-order valence-corrected chi connectivity index (χ3v) is 13.8. The smallest absolute Gasteiger partial charge is 0.293 e. The summed E-state index contributed by atoms with van der Waals surface area (Å²) in [6.07, 6.45) is 1.98. The summed E-state index contributed by atoms with van der Waals surface area (Å²) < 4.78 is 35.7. The van der Waals surface area contributed by atoms with Gasteiger partial charge in [0, 0.05) is 91.2 Å². The van der Waals surface area contributed by atoms with Crippen LogP contribution in [-0.2, 0) is 21.3 Å². The van der Waals surface area contributed by atoms with E-state index in [1.165, 1.54) is 29.6 Å². The largest absolute Gasteiger partial charge is 0.379 e. The second kappa shape index (κ2) is 20.2. The summed E-state index contributed by atoms with van der Waals surface area (Å²) in [7, 11) is -4.29. The first-order valence-corrected chi connectivity index (χ1v) is 23.4. The molecule has 1 aromatic heterocycles. The van der Waals surface area contributed by atoms with Crippen molar-refractivity contribution in [2.75, 3.05) is 79.7 Å². The molecule has 62 heavy (non-hydrogen) atoms. The topological polar surface area (TPSA) is 158 Å². The summed E-state index contributed by atoms with van der Waals surface area (Å²) in [5, 5.41) is 19.1. The number of nitrogens with zero attached hydrogens (tertiary/aromatic N) is 6. The lowest BCUT2D eigenvalue weighted by molar-refractivity contribution is -0.384. The number of halogens is 1. The van der Waals surface area contributed by atoms with Gasteiger partial charge in [-0.3, -0.25) is 25.2 Å². The van der Waals surface area contributed by atoms with Crippen LogP contribution in [0.4, 0.5) is 22.9 Å². The Morgan fingerprint density at radius 3 is 2.39 bits per heavy atom. The predicted octanol–water partition coefficient (Wildman–Crippen LogP) is 7.78. The Morgan fingerprint density at radius 2 is 1.61 bits per heavy atom. The van der Waals surface area contributed by atoms with Gasteiger partial charge in [0.15, 0.2) is 5.82 Å². The van der Waals surface area contributed by atoms with Gasteiger partial charge in [0.1, 0.15) is 12.0 Å². The molecule has 0 radical (unpaired) electrons. The number of piperazine rings is 1. The van der Waals surface area contributed by atoms with E-state index >= 15 is 0 Å². The zero-order chi connectivity index (χ0) is 42.9. The lowest BCUT2D eigenvalue weighted by Gasteiger charge is -2.36. The van der Waals surface area contributed by atoms with Gasteiger partial charge in [0.25, 0.3) is 15.7 Å². The number of ether oxygens (including phenoxy) is 1. The first-order valence-electron chi connectivity index (χ1n) is 20.6. The molecular formula is C45H48ClN9O5S2. The number of nitrogens with one attached hydrogen (secondary N) is 3. The number of rotatable bonds is 17. The van der Waals surface area contributed by atoms with Crippen molar-refractivity contribution < 1.29 is 18.1 Å². The number of benzene rings is 5. The van der Waals surface area contributed by atoms with Crippen molar-refractivity contribution in [1.29, 1.82) is 0 Å². The monoisotopic (exact) mass is 893 g/mol. The minimum atomic E-state index is -4.29. The number of nitro benzene ring substituents is 1. The average Bonchev–Trinajstić information content (AvgIpc) is 3.29. The zero-order valence-corrected chi connectivity index (χ0v) is 36.4. The van der Waals surface area contributed by atoms with Crippen LogP contribution in [0.2, 0.25) is 5.02 Å². The molecule has 322 valence electrons. The molecule has 2 aliphatic heterocycles. The molecular weight excluding hydrogens is 846 g/mol. The van der Waals surface area contributed by atoms with Crippen molar-refractivity contribution in [3.8, 4) is 11.1 Å². The quantitative estimate of drug-likeness (QED) is 0.0464. The van der Waals surface area contributed by atoms with Crippen molar-refractivity contribution in [3.63, 3.8) is 0 Å². The molecule has 0 spiro atoms. The summed E-state index contributed by atoms with van der Waals surface area (Å²) in [6.45, 7) is 7.68. The number of fused-ring (bicyclic) bond motifs is 1. The number of hydrogen-bond donors (Lipinski definition) is 3. The molecule has 0 aliphatic carbocycles. The molecule has 2 aliphatic rings. The summed E-state index contributed by atoms with van der Waals surface area (Å²) in [5.41, 5.74) is 8.47. The third kappa shape index (κ3) is 11.0. The van der Waals surface area contributed by atoms with E-state index in [0.29, 0.717) is 47.9 Å². The highest BCUT2D eigenvalue weighted by molar-refractivity contribution is 7.99. The highest BCUT2D eigenvalue weighted by Crippen LogP contribution is 2.33. The SMILES string of the molecule is O=[N+]([O-])c1cc(S(=O)(=O)Nc2ncnc3cc(N4CCN(Cc5ccccc5-c5ccc(Cl)cc5)CC4)ccc23)ccc1N[C@H](CCNN1CCOCC1)CSc1ccccc1. The van der Waals surface area contributed by atoms with Crippen LogP contribution in [0.1, 0.15) is 12.0 Å². The summed E-state index contributed by atoms with van der Waals surface area (Å²) in [6, 6.07) is 35.8. The van der Waals surface area contributed by atoms with Gasteiger partial charge in [-0.2, -0.15) is 0 Å². The van der Waals surface area contributed by atoms with Gasteiger partial charge in [-0.15, -0.1) is 11.8 Å². The van der Waals surface area contributed by atoms with Crippen LogP contribution < -0.4 is 20.4 Å². The molecule has 0 saturated carbocycles. The highest BCUT2D eigenvalue weighted by Gasteiger charge is 2.25.